The minimum absolute atomic E-state index is 0.119. The third kappa shape index (κ3) is 2.06. The summed E-state index contributed by atoms with van der Waals surface area (Å²) in [5.74, 6) is 0.576. The van der Waals surface area contributed by atoms with Gasteiger partial charge in [-0.15, -0.1) is 0 Å². The summed E-state index contributed by atoms with van der Waals surface area (Å²) in [5, 5.41) is 0. The highest BCUT2D eigenvalue weighted by atomic mass is 14.7. The third-order valence-corrected chi connectivity index (χ3v) is 3.91. The lowest BCUT2D eigenvalue weighted by molar-refractivity contribution is 0.137. The molecule has 0 aliphatic carbocycles. The van der Waals surface area contributed by atoms with Crippen molar-refractivity contribution in [3.63, 3.8) is 0 Å². The van der Waals surface area contributed by atoms with E-state index in [4.69, 9.17) is 0 Å². The number of aromatic nitrogens is 1. The first-order chi connectivity index (χ1) is 6.80. The van der Waals surface area contributed by atoms with E-state index in [1.165, 1.54) is 5.69 Å². The summed E-state index contributed by atoms with van der Waals surface area (Å²) in [6.45, 7) is 13.8. The van der Waals surface area contributed by atoms with Crippen LogP contribution in [0.1, 0.15) is 47.2 Å². The van der Waals surface area contributed by atoms with Gasteiger partial charge in [0, 0.05) is 17.3 Å². The van der Waals surface area contributed by atoms with Crippen LogP contribution in [0.3, 0.4) is 0 Å². The van der Waals surface area contributed by atoms with Crippen LogP contribution in [-0.2, 0) is 5.41 Å². The van der Waals surface area contributed by atoms with Crippen LogP contribution in [0.25, 0.3) is 0 Å². The quantitative estimate of drug-likeness (QED) is 0.710. The zero-order chi connectivity index (χ0) is 11.7. The molecule has 15 heavy (non-hydrogen) atoms. The maximum absolute atomic E-state index is 4.54. The third-order valence-electron chi connectivity index (χ3n) is 3.91. The van der Waals surface area contributed by atoms with Gasteiger partial charge in [0.25, 0.3) is 0 Å². The molecule has 1 heterocycles. The van der Waals surface area contributed by atoms with Crippen molar-refractivity contribution in [2.45, 2.75) is 47.0 Å². The monoisotopic (exact) mass is 205 g/mol. The average Bonchev–Trinajstić information content (AvgIpc) is 2.16. The Bertz CT molecular complexity index is 308. The SMILES string of the molecule is CC(C)C(C)(c1ccccn1)C(C)(C)C. The maximum Gasteiger partial charge on any atom is 0.0470 e. The van der Waals surface area contributed by atoms with Crippen LogP contribution in [0.4, 0.5) is 0 Å². The van der Waals surface area contributed by atoms with Crippen molar-refractivity contribution >= 4 is 0 Å². The predicted molar refractivity (Wildman–Crippen MR) is 65.9 cm³/mol. The van der Waals surface area contributed by atoms with Crippen molar-refractivity contribution in [1.82, 2.24) is 4.98 Å². The molecule has 0 fully saturated rings. The average molecular weight is 205 g/mol. The molecule has 0 saturated heterocycles. The molecular weight excluding hydrogens is 182 g/mol. The molecule has 0 amide bonds. The van der Waals surface area contributed by atoms with E-state index >= 15 is 0 Å². The highest BCUT2D eigenvalue weighted by Gasteiger charge is 2.42. The molecule has 0 spiro atoms. The molecule has 1 nitrogen and oxygen atoms in total. The maximum atomic E-state index is 4.54. The van der Waals surface area contributed by atoms with Gasteiger partial charge in [-0.1, -0.05) is 47.6 Å². The van der Waals surface area contributed by atoms with Crippen LogP contribution in [0, 0.1) is 11.3 Å². The molecule has 0 aliphatic rings. The van der Waals surface area contributed by atoms with Gasteiger partial charge in [0.15, 0.2) is 0 Å². The van der Waals surface area contributed by atoms with Crippen LogP contribution >= 0.6 is 0 Å². The molecule has 0 aromatic carbocycles. The lowest BCUT2D eigenvalue weighted by atomic mass is 9.60. The highest BCUT2D eigenvalue weighted by molar-refractivity contribution is 5.20. The number of pyridine rings is 1. The number of nitrogens with zero attached hydrogens (tertiary/aromatic N) is 1. The van der Waals surface area contributed by atoms with Crippen molar-refractivity contribution in [2.24, 2.45) is 11.3 Å². The molecule has 1 atom stereocenters. The second kappa shape index (κ2) is 3.96. The van der Waals surface area contributed by atoms with Crippen molar-refractivity contribution in [2.75, 3.05) is 0 Å². The minimum atomic E-state index is 0.119. The number of hydrogen-bond acceptors (Lipinski definition) is 1. The Morgan fingerprint density at radius 1 is 1.07 bits per heavy atom. The fourth-order valence-corrected chi connectivity index (χ4v) is 2.22. The summed E-state index contributed by atoms with van der Waals surface area (Å²) in [6.07, 6.45) is 1.89. The van der Waals surface area contributed by atoms with Crippen LogP contribution in [0.15, 0.2) is 24.4 Å². The van der Waals surface area contributed by atoms with Gasteiger partial charge in [-0.2, -0.15) is 0 Å². The molecule has 1 aromatic heterocycles. The van der Waals surface area contributed by atoms with Gasteiger partial charge < -0.3 is 0 Å². The predicted octanol–water partition coefficient (Wildman–Crippen LogP) is 4.04. The Morgan fingerprint density at radius 3 is 2.00 bits per heavy atom. The first-order valence-corrected chi connectivity index (χ1v) is 5.71. The zero-order valence-corrected chi connectivity index (χ0v) is 10.8. The van der Waals surface area contributed by atoms with E-state index in [-0.39, 0.29) is 10.8 Å². The molecule has 0 N–H and O–H groups in total. The standard InChI is InChI=1S/C14H23N/c1-11(2)14(6,13(3,4)5)12-9-7-8-10-15-12/h7-11H,1-6H3. The van der Waals surface area contributed by atoms with Crippen LogP contribution < -0.4 is 0 Å². The molecule has 1 heteroatoms. The van der Waals surface area contributed by atoms with E-state index < -0.39 is 0 Å². The lowest BCUT2D eigenvalue weighted by Gasteiger charge is -2.45. The van der Waals surface area contributed by atoms with E-state index in [1.807, 2.05) is 12.3 Å². The van der Waals surface area contributed by atoms with Gasteiger partial charge in [0.2, 0.25) is 0 Å². The number of rotatable bonds is 2. The Labute approximate surface area is 93.9 Å². The molecule has 1 rings (SSSR count). The van der Waals surface area contributed by atoms with E-state index in [1.54, 1.807) is 0 Å². The van der Waals surface area contributed by atoms with Crippen LogP contribution in [0.5, 0.6) is 0 Å². The van der Waals surface area contributed by atoms with Crippen molar-refractivity contribution in [3.05, 3.63) is 30.1 Å². The summed E-state index contributed by atoms with van der Waals surface area (Å²) < 4.78 is 0. The Hall–Kier alpha value is -0.850. The van der Waals surface area contributed by atoms with Crippen molar-refractivity contribution in [3.8, 4) is 0 Å². The Balaban J connectivity index is 3.26. The fraction of sp³-hybridized carbons (Fsp3) is 0.643. The molecule has 0 aliphatic heterocycles. The van der Waals surface area contributed by atoms with Gasteiger partial charge >= 0.3 is 0 Å². The Kier molecular flexibility index (Phi) is 3.22. The fourth-order valence-electron chi connectivity index (χ4n) is 2.22. The first kappa shape index (κ1) is 12.2. The summed E-state index contributed by atoms with van der Waals surface area (Å²) >= 11 is 0. The topological polar surface area (TPSA) is 12.9 Å². The van der Waals surface area contributed by atoms with Crippen LogP contribution in [0.2, 0.25) is 0 Å². The normalized spacial score (nSPS) is 16.5. The van der Waals surface area contributed by atoms with Gasteiger partial charge in [-0.05, 0) is 23.5 Å². The van der Waals surface area contributed by atoms with Crippen LogP contribution in [-0.4, -0.2) is 4.98 Å². The smallest absolute Gasteiger partial charge is 0.0470 e. The second-order valence-corrected chi connectivity index (χ2v) is 5.82. The lowest BCUT2D eigenvalue weighted by Crippen LogP contribution is -2.42. The molecule has 84 valence electrons. The molecule has 1 unspecified atom stereocenters. The minimum Gasteiger partial charge on any atom is -0.261 e. The molecule has 1 aromatic rings. The largest absolute Gasteiger partial charge is 0.261 e. The van der Waals surface area contributed by atoms with Gasteiger partial charge in [-0.25, -0.2) is 0 Å². The zero-order valence-electron chi connectivity index (χ0n) is 10.8. The summed E-state index contributed by atoms with van der Waals surface area (Å²) in [6, 6.07) is 6.20. The molecule has 0 radical (unpaired) electrons. The molecule has 0 bridgehead atoms. The summed E-state index contributed by atoms with van der Waals surface area (Å²) in [5.41, 5.74) is 1.54. The van der Waals surface area contributed by atoms with Gasteiger partial charge in [0.05, 0.1) is 0 Å². The first-order valence-electron chi connectivity index (χ1n) is 5.71. The van der Waals surface area contributed by atoms with Crippen molar-refractivity contribution < 1.29 is 0 Å². The molecular formula is C14H23N. The highest BCUT2D eigenvalue weighted by Crippen LogP contribution is 2.45. The van der Waals surface area contributed by atoms with E-state index in [9.17, 15) is 0 Å². The summed E-state index contributed by atoms with van der Waals surface area (Å²) in [7, 11) is 0. The second-order valence-electron chi connectivity index (χ2n) is 5.82. The van der Waals surface area contributed by atoms with Gasteiger partial charge in [-0.3, -0.25) is 4.98 Å². The Morgan fingerprint density at radius 2 is 1.67 bits per heavy atom. The van der Waals surface area contributed by atoms with Gasteiger partial charge in [0.1, 0.15) is 0 Å². The van der Waals surface area contributed by atoms with E-state index in [0.717, 1.165) is 0 Å². The van der Waals surface area contributed by atoms with E-state index in [0.29, 0.717) is 5.92 Å². The summed E-state index contributed by atoms with van der Waals surface area (Å²) in [4.78, 5) is 4.54. The van der Waals surface area contributed by atoms with E-state index in [2.05, 4.69) is 58.7 Å². The number of hydrogen-bond donors (Lipinski definition) is 0. The molecule has 0 saturated carbocycles. The van der Waals surface area contributed by atoms with Crippen molar-refractivity contribution in [1.29, 1.82) is 0 Å².